The summed E-state index contributed by atoms with van der Waals surface area (Å²) in [6, 6.07) is 9.76. The van der Waals surface area contributed by atoms with Crippen molar-refractivity contribution in [2.75, 3.05) is 39.3 Å². The van der Waals surface area contributed by atoms with E-state index < -0.39 is 10.0 Å². The van der Waals surface area contributed by atoms with Crippen LogP contribution in [0.1, 0.15) is 12.8 Å². The third-order valence-electron chi connectivity index (χ3n) is 4.06. The Labute approximate surface area is 126 Å². The lowest BCUT2D eigenvalue weighted by molar-refractivity contribution is 0.159. The van der Waals surface area contributed by atoms with Crippen LogP contribution in [0.2, 0.25) is 0 Å². The zero-order valence-corrected chi connectivity index (χ0v) is 13.0. The van der Waals surface area contributed by atoms with Gasteiger partial charge >= 0.3 is 0 Å². The summed E-state index contributed by atoms with van der Waals surface area (Å²) in [7, 11) is -3.00. The van der Waals surface area contributed by atoms with Crippen LogP contribution in [0, 0.1) is 0 Å². The fraction of sp³-hybridized carbons (Fsp3) is 0.600. The van der Waals surface area contributed by atoms with E-state index in [1.165, 1.54) is 0 Å². The van der Waals surface area contributed by atoms with Crippen molar-refractivity contribution in [3.05, 3.63) is 30.3 Å². The topological polar surface area (TPSA) is 49.9 Å². The molecule has 3 rings (SSSR count). The molecule has 21 heavy (non-hydrogen) atoms. The van der Waals surface area contributed by atoms with Gasteiger partial charge in [0.1, 0.15) is 12.4 Å². The minimum Gasteiger partial charge on any atom is -0.492 e. The number of ether oxygens (including phenoxy) is 1. The number of piperazine rings is 1. The van der Waals surface area contributed by atoms with Crippen LogP contribution in [0.15, 0.2) is 30.3 Å². The van der Waals surface area contributed by atoms with Gasteiger partial charge in [0.25, 0.3) is 0 Å². The zero-order chi connectivity index (χ0) is 14.7. The van der Waals surface area contributed by atoms with Crippen LogP contribution in [-0.4, -0.2) is 62.2 Å². The van der Waals surface area contributed by atoms with Gasteiger partial charge in [0.2, 0.25) is 10.0 Å². The molecular formula is C15H22N2O3S. The van der Waals surface area contributed by atoms with E-state index in [-0.39, 0.29) is 5.25 Å². The number of sulfonamides is 1. The summed E-state index contributed by atoms with van der Waals surface area (Å²) in [6.07, 6.45) is 1.68. The van der Waals surface area contributed by atoms with E-state index in [4.69, 9.17) is 4.74 Å². The maximum atomic E-state index is 12.1. The van der Waals surface area contributed by atoms with Gasteiger partial charge in [0.15, 0.2) is 0 Å². The second kappa shape index (κ2) is 6.34. The summed E-state index contributed by atoms with van der Waals surface area (Å²) in [6.45, 7) is 4.30. The van der Waals surface area contributed by atoms with E-state index in [9.17, 15) is 8.42 Å². The molecule has 1 saturated heterocycles. The van der Waals surface area contributed by atoms with Gasteiger partial charge in [0, 0.05) is 32.7 Å². The minimum absolute atomic E-state index is 0.0922. The standard InChI is InChI=1S/C15H22N2O3S/c18-21(19,15-6-7-15)17-10-8-16(9-11-17)12-13-20-14-4-2-1-3-5-14/h1-5,15H,6-13H2. The van der Waals surface area contributed by atoms with E-state index >= 15 is 0 Å². The minimum atomic E-state index is -3.00. The van der Waals surface area contributed by atoms with Crippen LogP contribution in [0.5, 0.6) is 5.75 Å². The molecule has 0 aromatic heterocycles. The molecule has 0 bridgehead atoms. The van der Waals surface area contributed by atoms with Crippen molar-refractivity contribution in [1.82, 2.24) is 9.21 Å². The number of benzene rings is 1. The molecule has 1 aliphatic heterocycles. The molecule has 1 saturated carbocycles. The number of hydrogen-bond donors (Lipinski definition) is 0. The average molecular weight is 310 g/mol. The molecule has 0 spiro atoms. The van der Waals surface area contributed by atoms with Crippen LogP contribution < -0.4 is 4.74 Å². The van der Waals surface area contributed by atoms with Crippen LogP contribution in [-0.2, 0) is 10.0 Å². The lowest BCUT2D eigenvalue weighted by atomic mass is 10.3. The van der Waals surface area contributed by atoms with Gasteiger partial charge in [0.05, 0.1) is 5.25 Å². The second-order valence-corrected chi connectivity index (χ2v) is 7.86. The Bertz CT molecular complexity index is 550. The molecule has 1 aromatic carbocycles. The molecule has 1 aromatic rings. The lowest BCUT2D eigenvalue weighted by Crippen LogP contribution is -2.50. The smallest absolute Gasteiger partial charge is 0.217 e. The Kier molecular flexibility index (Phi) is 4.47. The first-order chi connectivity index (χ1) is 10.2. The molecule has 0 amide bonds. The van der Waals surface area contributed by atoms with Crippen molar-refractivity contribution in [3.8, 4) is 5.75 Å². The number of nitrogens with zero attached hydrogens (tertiary/aromatic N) is 2. The summed E-state index contributed by atoms with van der Waals surface area (Å²) in [4.78, 5) is 2.27. The first kappa shape index (κ1) is 14.8. The predicted molar refractivity (Wildman–Crippen MR) is 81.9 cm³/mol. The Morgan fingerprint density at radius 3 is 2.33 bits per heavy atom. The number of rotatable bonds is 6. The highest BCUT2D eigenvalue weighted by Crippen LogP contribution is 2.31. The first-order valence-corrected chi connectivity index (χ1v) is 9.06. The zero-order valence-electron chi connectivity index (χ0n) is 12.1. The summed E-state index contributed by atoms with van der Waals surface area (Å²) >= 11 is 0. The van der Waals surface area contributed by atoms with Gasteiger partial charge in [-0.2, -0.15) is 4.31 Å². The molecule has 2 aliphatic rings. The first-order valence-electron chi connectivity index (χ1n) is 7.55. The van der Waals surface area contributed by atoms with Crippen LogP contribution >= 0.6 is 0 Å². The van der Waals surface area contributed by atoms with Crippen molar-refractivity contribution < 1.29 is 13.2 Å². The molecule has 0 N–H and O–H groups in total. The normalized spacial score (nSPS) is 21.3. The van der Waals surface area contributed by atoms with Gasteiger partial charge in [-0.1, -0.05) is 18.2 Å². The highest BCUT2D eigenvalue weighted by Gasteiger charge is 2.40. The summed E-state index contributed by atoms with van der Waals surface area (Å²) in [5.41, 5.74) is 0. The van der Waals surface area contributed by atoms with Crippen molar-refractivity contribution in [1.29, 1.82) is 0 Å². The fourth-order valence-electron chi connectivity index (χ4n) is 2.59. The van der Waals surface area contributed by atoms with E-state index in [0.717, 1.165) is 38.2 Å². The molecule has 6 heteroatoms. The molecule has 0 unspecified atom stereocenters. The molecule has 2 fully saturated rings. The second-order valence-electron chi connectivity index (χ2n) is 5.65. The Morgan fingerprint density at radius 1 is 1.05 bits per heavy atom. The van der Waals surface area contributed by atoms with Gasteiger partial charge in [-0.25, -0.2) is 8.42 Å². The van der Waals surface area contributed by atoms with E-state index in [2.05, 4.69) is 4.90 Å². The van der Waals surface area contributed by atoms with Crippen LogP contribution in [0.3, 0.4) is 0 Å². The van der Waals surface area contributed by atoms with Gasteiger partial charge in [-0.05, 0) is 25.0 Å². The molecular weight excluding hydrogens is 288 g/mol. The SMILES string of the molecule is O=S(=O)(C1CC1)N1CCN(CCOc2ccccc2)CC1. The summed E-state index contributed by atoms with van der Waals surface area (Å²) < 4.78 is 31.6. The molecule has 0 radical (unpaired) electrons. The van der Waals surface area contributed by atoms with E-state index in [0.29, 0.717) is 19.7 Å². The molecule has 1 heterocycles. The van der Waals surface area contributed by atoms with Crippen molar-refractivity contribution in [2.45, 2.75) is 18.1 Å². The Hall–Kier alpha value is -1.11. The third-order valence-corrected chi connectivity index (χ3v) is 6.46. The quantitative estimate of drug-likeness (QED) is 0.791. The van der Waals surface area contributed by atoms with Gasteiger partial charge in [-0.15, -0.1) is 0 Å². The Morgan fingerprint density at radius 2 is 1.71 bits per heavy atom. The number of para-hydroxylation sites is 1. The molecule has 5 nitrogen and oxygen atoms in total. The van der Waals surface area contributed by atoms with Crippen molar-refractivity contribution in [2.24, 2.45) is 0 Å². The maximum Gasteiger partial charge on any atom is 0.217 e. The third kappa shape index (κ3) is 3.75. The van der Waals surface area contributed by atoms with Gasteiger partial charge in [-0.3, -0.25) is 4.90 Å². The molecule has 116 valence electrons. The fourth-order valence-corrected chi connectivity index (χ4v) is 4.42. The van der Waals surface area contributed by atoms with Crippen LogP contribution in [0.25, 0.3) is 0 Å². The lowest BCUT2D eigenvalue weighted by Gasteiger charge is -2.33. The summed E-state index contributed by atoms with van der Waals surface area (Å²) in [5.74, 6) is 0.882. The van der Waals surface area contributed by atoms with Crippen LogP contribution in [0.4, 0.5) is 0 Å². The average Bonchev–Trinajstić information content (AvgIpc) is 3.34. The monoisotopic (exact) mass is 310 g/mol. The maximum absolute atomic E-state index is 12.1. The number of hydrogen-bond acceptors (Lipinski definition) is 4. The largest absolute Gasteiger partial charge is 0.492 e. The highest BCUT2D eigenvalue weighted by molar-refractivity contribution is 7.90. The van der Waals surface area contributed by atoms with Crippen molar-refractivity contribution >= 4 is 10.0 Å². The highest BCUT2D eigenvalue weighted by atomic mass is 32.2. The van der Waals surface area contributed by atoms with E-state index in [1.807, 2.05) is 30.3 Å². The predicted octanol–water partition coefficient (Wildman–Crippen LogP) is 1.18. The summed E-state index contributed by atoms with van der Waals surface area (Å²) in [5, 5.41) is -0.0922. The Balaban J connectivity index is 1.40. The van der Waals surface area contributed by atoms with E-state index in [1.54, 1.807) is 4.31 Å². The molecule has 0 atom stereocenters. The van der Waals surface area contributed by atoms with Crippen molar-refractivity contribution in [3.63, 3.8) is 0 Å². The molecule has 1 aliphatic carbocycles. The van der Waals surface area contributed by atoms with Gasteiger partial charge < -0.3 is 4.74 Å².